The molecule has 0 saturated heterocycles. The van der Waals surface area contributed by atoms with Crippen LogP contribution in [0.15, 0.2) is 60.8 Å². The number of aromatic nitrogens is 1. The number of nitrogens with one attached hydrogen (secondary N) is 1. The highest BCUT2D eigenvalue weighted by Crippen LogP contribution is 2.21. The van der Waals surface area contributed by atoms with Crippen LogP contribution in [0.4, 0.5) is 5.69 Å². The minimum absolute atomic E-state index is 0.145. The van der Waals surface area contributed by atoms with Crippen molar-refractivity contribution >= 4 is 28.5 Å². The van der Waals surface area contributed by atoms with Gasteiger partial charge in [-0.3, -0.25) is 14.6 Å². The molecule has 0 spiro atoms. The van der Waals surface area contributed by atoms with Gasteiger partial charge in [-0.2, -0.15) is 0 Å². The van der Waals surface area contributed by atoms with Gasteiger partial charge in [-0.05, 0) is 36.8 Å². The molecule has 5 nitrogen and oxygen atoms in total. The summed E-state index contributed by atoms with van der Waals surface area (Å²) >= 11 is 0. The van der Waals surface area contributed by atoms with Gasteiger partial charge in [0.1, 0.15) is 0 Å². The van der Waals surface area contributed by atoms with Crippen molar-refractivity contribution < 1.29 is 14.3 Å². The Morgan fingerprint density at radius 1 is 1.04 bits per heavy atom. The number of anilines is 1. The molecule has 0 radical (unpaired) electrons. The van der Waals surface area contributed by atoms with Crippen molar-refractivity contribution in [2.45, 2.75) is 13.3 Å². The lowest BCUT2D eigenvalue weighted by molar-refractivity contribution is -0.146. The molecule has 0 saturated carbocycles. The van der Waals surface area contributed by atoms with Crippen LogP contribution in [0.25, 0.3) is 10.9 Å². The summed E-state index contributed by atoms with van der Waals surface area (Å²) in [7, 11) is 0. The first-order valence-corrected chi connectivity index (χ1v) is 7.96. The Balaban J connectivity index is 1.55. The van der Waals surface area contributed by atoms with E-state index in [0.717, 1.165) is 22.0 Å². The minimum Gasteiger partial charge on any atom is -0.455 e. The fraction of sp³-hybridized carbons (Fsp3) is 0.150. The highest BCUT2D eigenvalue weighted by molar-refractivity contribution is 6.01. The molecule has 0 aliphatic heterocycles. The molecule has 3 aromatic rings. The van der Waals surface area contributed by atoms with Gasteiger partial charge in [-0.15, -0.1) is 0 Å². The van der Waals surface area contributed by atoms with Crippen LogP contribution in [0.1, 0.15) is 11.1 Å². The molecule has 0 bridgehead atoms. The van der Waals surface area contributed by atoms with Crippen LogP contribution in [0.5, 0.6) is 0 Å². The Kier molecular flexibility index (Phi) is 5.04. The fourth-order valence-corrected chi connectivity index (χ4v) is 2.47. The van der Waals surface area contributed by atoms with E-state index in [1.54, 1.807) is 18.3 Å². The molecule has 2 aromatic carbocycles. The van der Waals surface area contributed by atoms with Gasteiger partial charge in [-0.25, -0.2) is 0 Å². The second-order valence-electron chi connectivity index (χ2n) is 5.75. The van der Waals surface area contributed by atoms with Crippen LogP contribution in [-0.2, 0) is 20.7 Å². The maximum atomic E-state index is 12.0. The van der Waals surface area contributed by atoms with Crippen molar-refractivity contribution in [3.63, 3.8) is 0 Å². The van der Waals surface area contributed by atoms with E-state index < -0.39 is 5.97 Å². The van der Waals surface area contributed by atoms with Crippen LogP contribution in [0.3, 0.4) is 0 Å². The van der Waals surface area contributed by atoms with Crippen LogP contribution < -0.4 is 5.32 Å². The van der Waals surface area contributed by atoms with Crippen LogP contribution in [-0.4, -0.2) is 23.5 Å². The minimum atomic E-state index is -0.432. The van der Waals surface area contributed by atoms with E-state index in [1.807, 2.05) is 49.4 Å². The lowest BCUT2D eigenvalue weighted by Gasteiger charge is -2.09. The van der Waals surface area contributed by atoms with E-state index >= 15 is 0 Å². The number of amides is 1. The van der Waals surface area contributed by atoms with Gasteiger partial charge in [-0.1, -0.05) is 35.9 Å². The van der Waals surface area contributed by atoms with Crippen LogP contribution in [0, 0.1) is 6.92 Å². The molecule has 3 rings (SSSR count). The summed E-state index contributed by atoms with van der Waals surface area (Å²) in [4.78, 5) is 28.1. The Morgan fingerprint density at radius 2 is 1.84 bits per heavy atom. The summed E-state index contributed by atoms with van der Waals surface area (Å²) in [5.74, 6) is -0.813. The summed E-state index contributed by atoms with van der Waals surface area (Å²) in [6.45, 7) is 1.66. The first kappa shape index (κ1) is 16.6. The summed E-state index contributed by atoms with van der Waals surface area (Å²) in [5.41, 5.74) is 3.42. The van der Waals surface area contributed by atoms with Gasteiger partial charge in [0.05, 0.1) is 17.6 Å². The van der Waals surface area contributed by atoms with Crippen LogP contribution >= 0.6 is 0 Å². The van der Waals surface area contributed by atoms with Gasteiger partial charge in [0.2, 0.25) is 0 Å². The zero-order chi connectivity index (χ0) is 17.6. The SMILES string of the molecule is Cc1ccc(CC(=O)OCC(=O)Nc2cccc3ncccc23)cc1. The Bertz CT molecular complexity index is 899. The smallest absolute Gasteiger partial charge is 0.310 e. The number of rotatable bonds is 5. The second-order valence-corrected chi connectivity index (χ2v) is 5.75. The van der Waals surface area contributed by atoms with Crippen molar-refractivity contribution in [2.75, 3.05) is 11.9 Å². The summed E-state index contributed by atoms with van der Waals surface area (Å²) in [5, 5.41) is 3.59. The number of aryl methyl sites for hydroxylation is 1. The zero-order valence-corrected chi connectivity index (χ0v) is 13.9. The quantitative estimate of drug-likeness (QED) is 0.727. The number of carbonyl (C=O) groups is 2. The number of esters is 1. The number of benzene rings is 2. The Labute approximate surface area is 145 Å². The normalized spacial score (nSPS) is 10.4. The molecule has 0 fully saturated rings. The topological polar surface area (TPSA) is 68.3 Å². The first-order chi connectivity index (χ1) is 12.1. The summed E-state index contributed by atoms with van der Waals surface area (Å²) in [6.07, 6.45) is 1.84. The highest BCUT2D eigenvalue weighted by atomic mass is 16.5. The predicted octanol–water partition coefficient (Wildman–Crippen LogP) is 3.27. The van der Waals surface area contributed by atoms with E-state index in [-0.39, 0.29) is 18.9 Å². The van der Waals surface area contributed by atoms with E-state index in [0.29, 0.717) is 5.69 Å². The van der Waals surface area contributed by atoms with Gasteiger partial charge >= 0.3 is 5.97 Å². The molecular weight excluding hydrogens is 316 g/mol. The van der Waals surface area contributed by atoms with E-state index in [2.05, 4.69) is 10.3 Å². The first-order valence-electron chi connectivity index (χ1n) is 7.96. The largest absolute Gasteiger partial charge is 0.455 e. The molecule has 126 valence electrons. The predicted molar refractivity (Wildman–Crippen MR) is 96.2 cm³/mol. The number of carbonyl (C=O) groups excluding carboxylic acids is 2. The third kappa shape index (κ3) is 4.41. The maximum Gasteiger partial charge on any atom is 0.310 e. The van der Waals surface area contributed by atoms with E-state index in [1.165, 1.54) is 0 Å². The monoisotopic (exact) mass is 334 g/mol. The van der Waals surface area contributed by atoms with Crippen molar-refractivity contribution in [2.24, 2.45) is 0 Å². The number of fused-ring (bicyclic) bond motifs is 1. The molecule has 25 heavy (non-hydrogen) atoms. The second kappa shape index (κ2) is 7.57. The van der Waals surface area contributed by atoms with Crippen molar-refractivity contribution in [3.8, 4) is 0 Å². The summed E-state index contributed by atoms with van der Waals surface area (Å²) < 4.78 is 5.06. The molecular formula is C20H18N2O3. The third-order valence-electron chi connectivity index (χ3n) is 3.75. The Hall–Kier alpha value is -3.21. The van der Waals surface area contributed by atoms with E-state index in [9.17, 15) is 9.59 Å². The highest BCUT2D eigenvalue weighted by Gasteiger charge is 2.10. The molecule has 0 atom stereocenters. The third-order valence-corrected chi connectivity index (χ3v) is 3.75. The number of nitrogens with zero attached hydrogens (tertiary/aromatic N) is 1. The molecule has 1 heterocycles. The fourth-order valence-electron chi connectivity index (χ4n) is 2.47. The van der Waals surface area contributed by atoms with E-state index in [4.69, 9.17) is 4.74 Å². The number of hydrogen-bond donors (Lipinski definition) is 1. The van der Waals surface area contributed by atoms with Crippen molar-refractivity contribution in [3.05, 3.63) is 71.9 Å². The number of ether oxygens (including phenoxy) is 1. The molecule has 1 N–H and O–H groups in total. The lowest BCUT2D eigenvalue weighted by atomic mass is 10.1. The molecule has 5 heteroatoms. The molecule has 1 aromatic heterocycles. The van der Waals surface area contributed by atoms with Gasteiger partial charge in [0.25, 0.3) is 5.91 Å². The molecule has 0 unspecified atom stereocenters. The summed E-state index contributed by atoms with van der Waals surface area (Å²) in [6, 6.07) is 16.8. The standard InChI is InChI=1S/C20H18N2O3/c1-14-7-9-15(10-8-14)12-20(24)25-13-19(23)22-18-6-2-5-17-16(18)4-3-11-21-17/h2-11H,12-13H2,1H3,(H,22,23). The van der Waals surface area contributed by atoms with Crippen molar-refractivity contribution in [1.82, 2.24) is 4.98 Å². The molecule has 0 aliphatic rings. The van der Waals surface area contributed by atoms with Gasteiger partial charge in [0.15, 0.2) is 6.61 Å². The maximum absolute atomic E-state index is 12.0. The molecule has 0 aliphatic carbocycles. The lowest BCUT2D eigenvalue weighted by Crippen LogP contribution is -2.21. The van der Waals surface area contributed by atoms with Gasteiger partial charge in [0, 0.05) is 11.6 Å². The number of hydrogen-bond acceptors (Lipinski definition) is 4. The average Bonchev–Trinajstić information content (AvgIpc) is 2.62. The zero-order valence-electron chi connectivity index (χ0n) is 13.9. The van der Waals surface area contributed by atoms with Crippen LogP contribution in [0.2, 0.25) is 0 Å². The Morgan fingerprint density at radius 3 is 2.64 bits per heavy atom. The van der Waals surface area contributed by atoms with Crippen molar-refractivity contribution in [1.29, 1.82) is 0 Å². The number of pyridine rings is 1. The average molecular weight is 334 g/mol. The van der Waals surface area contributed by atoms with Gasteiger partial charge < -0.3 is 10.1 Å². The molecule has 1 amide bonds.